The molecule has 0 saturated carbocycles. The summed E-state index contributed by atoms with van der Waals surface area (Å²) in [5, 5.41) is 10.3. The molecule has 4 aromatic rings. The van der Waals surface area contributed by atoms with Crippen LogP contribution in [-0.4, -0.2) is 31.6 Å². The Morgan fingerprint density at radius 3 is 2.39 bits per heavy atom. The second-order valence-electron chi connectivity index (χ2n) is 7.09. The number of methoxy groups -OCH3 is 1. The van der Waals surface area contributed by atoms with E-state index in [0.29, 0.717) is 11.3 Å². The number of hydrogen-bond donors (Lipinski definition) is 2. The van der Waals surface area contributed by atoms with Crippen molar-refractivity contribution < 1.29 is 22.4 Å². The lowest BCUT2D eigenvalue weighted by atomic mass is 10.2. The van der Waals surface area contributed by atoms with Gasteiger partial charge in [-0.05, 0) is 61.5 Å². The van der Waals surface area contributed by atoms with Crippen molar-refractivity contribution in [3.63, 3.8) is 0 Å². The zero-order chi connectivity index (χ0) is 23.4. The van der Waals surface area contributed by atoms with Crippen LogP contribution in [-0.2, 0) is 10.0 Å². The van der Waals surface area contributed by atoms with Gasteiger partial charge in [0.15, 0.2) is 0 Å². The number of carbonyl (C=O) groups is 1. The standard InChI is InChI=1S/C23H20N4O5S/c1-15-6-12-20(13-7-15)33(29,30)27-18-5-3-4-17(14-18)21(28)24-23-26-25-22(32-23)16-8-10-19(31-2)11-9-16/h3-14,27H,1-2H3,(H,24,26,28). The average Bonchev–Trinajstić information content (AvgIpc) is 3.28. The van der Waals surface area contributed by atoms with Gasteiger partial charge in [0.05, 0.1) is 12.0 Å². The quantitative estimate of drug-likeness (QED) is 0.422. The van der Waals surface area contributed by atoms with Gasteiger partial charge in [0.2, 0.25) is 5.89 Å². The zero-order valence-electron chi connectivity index (χ0n) is 17.8. The third-order valence-electron chi connectivity index (χ3n) is 4.69. The molecule has 0 unspecified atom stereocenters. The number of hydrogen-bond acceptors (Lipinski definition) is 7. The van der Waals surface area contributed by atoms with Gasteiger partial charge in [0.1, 0.15) is 5.75 Å². The zero-order valence-corrected chi connectivity index (χ0v) is 18.6. The number of benzene rings is 3. The van der Waals surface area contributed by atoms with Gasteiger partial charge in [-0.2, -0.15) is 0 Å². The van der Waals surface area contributed by atoms with Gasteiger partial charge in [-0.25, -0.2) is 8.42 Å². The molecule has 10 heteroatoms. The van der Waals surface area contributed by atoms with E-state index in [1.165, 1.54) is 18.2 Å². The number of rotatable bonds is 7. The first kappa shape index (κ1) is 22.0. The molecule has 0 fully saturated rings. The first-order valence-corrected chi connectivity index (χ1v) is 11.3. The first-order valence-electron chi connectivity index (χ1n) is 9.83. The van der Waals surface area contributed by atoms with Gasteiger partial charge in [-0.1, -0.05) is 28.9 Å². The summed E-state index contributed by atoms with van der Waals surface area (Å²) in [5.74, 6) is 0.383. The van der Waals surface area contributed by atoms with Crippen molar-refractivity contribution in [1.29, 1.82) is 0 Å². The summed E-state index contributed by atoms with van der Waals surface area (Å²) in [6, 6.07) is 19.5. The maximum atomic E-state index is 12.6. The number of ether oxygens (including phenoxy) is 1. The SMILES string of the molecule is COc1ccc(-c2nnc(NC(=O)c3cccc(NS(=O)(=O)c4ccc(C)cc4)c3)o2)cc1. The number of carbonyl (C=O) groups excluding carboxylic acids is 1. The van der Waals surface area contributed by atoms with Crippen LogP contribution in [0.4, 0.5) is 11.7 Å². The van der Waals surface area contributed by atoms with Gasteiger partial charge in [-0.3, -0.25) is 14.8 Å². The molecule has 0 radical (unpaired) electrons. The Balaban J connectivity index is 1.47. The average molecular weight is 465 g/mol. The molecular weight excluding hydrogens is 444 g/mol. The van der Waals surface area contributed by atoms with Crippen LogP contribution < -0.4 is 14.8 Å². The summed E-state index contributed by atoms with van der Waals surface area (Å²) in [5.41, 5.74) is 2.07. The van der Waals surface area contributed by atoms with E-state index in [0.717, 1.165) is 5.56 Å². The highest BCUT2D eigenvalue weighted by molar-refractivity contribution is 7.92. The Kier molecular flexibility index (Phi) is 6.09. The van der Waals surface area contributed by atoms with E-state index in [1.807, 2.05) is 6.92 Å². The molecule has 0 saturated heterocycles. The molecule has 0 aliphatic rings. The van der Waals surface area contributed by atoms with Crippen molar-refractivity contribution in [2.75, 3.05) is 17.1 Å². The number of aromatic nitrogens is 2. The molecule has 1 aromatic heterocycles. The summed E-state index contributed by atoms with van der Waals surface area (Å²) in [6.45, 7) is 1.87. The van der Waals surface area contributed by atoms with Crippen LogP contribution in [0.2, 0.25) is 0 Å². The fourth-order valence-corrected chi connectivity index (χ4v) is 4.00. The van der Waals surface area contributed by atoms with Crippen molar-refractivity contribution >= 4 is 27.6 Å². The van der Waals surface area contributed by atoms with E-state index in [4.69, 9.17) is 9.15 Å². The van der Waals surface area contributed by atoms with Crippen LogP contribution in [0, 0.1) is 6.92 Å². The highest BCUT2D eigenvalue weighted by atomic mass is 32.2. The minimum atomic E-state index is -3.80. The molecule has 3 aromatic carbocycles. The number of sulfonamides is 1. The number of nitrogens with zero attached hydrogens (tertiary/aromatic N) is 2. The van der Waals surface area contributed by atoms with E-state index in [2.05, 4.69) is 20.2 Å². The molecular formula is C23H20N4O5S. The highest BCUT2D eigenvalue weighted by Crippen LogP contribution is 2.23. The van der Waals surface area contributed by atoms with E-state index < -0.39 is 15.9 Å². The van der Waals surface area contributed by atoms with Crippen molar-refractivity contribution in [2.24, 2.45) is 0 Å². The predicted molar refractivity (Wildman–Crippen MR) is 123 cm³/mol. The largest absolute Gasteiger partial charge is 0.497 e. The number of amides is 1. The molecule has 0 bridgehead atoms. The molecule has 0 aliphatic heterocycles. The van der Waals surface area contributed by atoms with Crippen LogP contribution in [0.3, 0.4) is 0 Å². The summed E-state index contributed by atoms with van der Waals surface area (Å²) in [6.07, 6.45) is 0. The van der Waals surface area contributed by atoms with E-state index >= 15 is 0 Å². The molecule has 1 amide bonds. The molecule has 168 valence electrons. The van der Waals surface area contributed by atoms with Crippen molar-refractivity contribution in [3.8, 4) is 17.2 Å². The van der Waals surface area contributed by atoms with E-state index in [1.54, 1.807) is 61.7 Å². The first-order chi connectivity index (χ1) is 15.8. The van der Waals surface area contributed by atoms with Crippen LogP contribution in [0.1, 0.15) is 15.9 Å². The summed E-state index contributed by atoms with van der Waals surface area (Å²) in [7, 11) is -2.23. The summed E-state index contributed by atoms with van der Waals surface area (Å²) >= 11 is 0. The van der Waals surface area contributed by atoms with Gasteiger partial charge >= 0.3 is 6.01 Å². The van der Waals surface area contributed by atoms with Crippen molar-refractivity contribution in [3.05, 3.63) is 83.9 Å². The van der Waals surface area contributed by atoms with E-state index in [-0.39, 0.29) is 28.1 Å². The Morgan fingerprint density at radius 2 is 1.70 bits per heavy atom. The third kappa shape index (κ3) is 5.18. The third-order valence-corrected chi connectivity index (χ3v) is 6.09. The normalized spacial score (nSPS) is 11.1. The van der Waals surface area contributed by atoms with Crippen molar-refractivity contribution in [2.45, 2.75) is 11.8 Å². The molecule has 0 spiro atoms. The Hall–Kier alpha value is -4.18. The summed E-state index contributed by atoms with van der Waals surface area (Å²) in [4.78, 5) is 12.8. The molecule has 2 N–H and O–H groups in total. The van der Waals surface area contributed by atoms with Gasteiger partial charge in [-0.15, -0.1) is 5.10 Å². The fraction of sp³-hybridized carbons (Fsp3) is 0.0870. The second-order valence-corrected chi connectivity index (χ2v) is 8.78. The Labute approximate surface area is 190 Å². The molecule has 9 nitrogen and oxygen atoms in total. The van der Waals surface area contributed by atoms with E-state index in [9.17, 15) is 13.2 Å². The van der Waals surface area contributed by atoms with Gasteiger partial charge in [0, 0.05) is 16.8 Å². The molecule has 1 heterocycles. The van der Waals surface area contributed by atoms with Crippen LogP contribution in [0.15, 0.2) is 82.1 Å². The molecule has 33 heavy (non-hydrogen) atoms. The lowest BCUT2D eigenvalue weighted by molar-refractivity contribution is 0.102. The van der Waals surface area contributed by atoms with Crippen LogP contribution in [0.25, 0.3) is 11.5 Å². The predicted octanol–water partition coefficient (Wildman–Crippen LogP) is 4.11. The maximum Gasteiger partial charge on any atom is 0.322 e. The van der Waals surface area contributed by atoms with Crippen molar-refractivity contribution in [1.82, 2.24) is 10.2 Å². The van der Waals surface area contributed by atoms with Gasteiger partial charge in [0.25, 0.3) is 15.9 Å². The monoisotopic (exact) mass is 464 g/mol. The number of nitrogens with one attached hydrogen (secondary N) is 2. The smallest absolute Gasteiger partial charge is 0.322 e. The summed E-state index contributed by atoms with van der Waals surface area (Å²) < 4.78 is 38.3. The number of aryl methyl sites for hydroxylation is 1. The minimum absolute atomic E-state index is 0.0866. The molecule has 0 aliphatic carbocycles. The second kappa shape index (κ2) is 9.13. The fourth-order valence-electron chi connectivity index (χ4n) is 2.95. The Morgan fingerprint density at radius 1 is 0.970 bits per heavy atom. The Bertz CT molecular complexity index is 1380. The highest BCUT2D eigenvalue weighted by Gasteiger charge is 2.16. The number of anilines is 2. The lowest BCUT2D eigenvalue weighted by Crippen LogP contribution is -2.15. The maximum absolute atomic E-state index is 12.6. The minimum Gasteiger partial charge on any atom is -0.497 e. The van der Waals surface area contributed by atoms with Crippen LogP contribution >= 0.6 is 0 Å². The van der Waals surface area contributed by atoms with Crippen LogP contribution in [0.5, 0.6) is 5.75 Å². The lowest BCUT2D eigenvalue weighted by Gasteiger charge is -2.09. The molecule has 4 rings (SSSR count). The topological polar surface area (TPSA) is 123 Å². The molecule has 0 atom stereocenters. The van der Waals surface area contributed by atoms with Gasteiger partial charge < -0.3 is 9.15 Å².